The zero-order valence-corrected chi connectivity index (χ0v) is 29.8. The van der Waals surface area contributed by atoms with Gasteiger partial charge in [-0.15, -0.1) is 0 Å². The molecule has 3 unspecified atom stereocenters. The van der Waals surface area contributed by atoms with E-state index >= 15 is 0 Å². The fraction of sp³-hybridized carbons (Fsp3) is 0.395. The van der Waals surface area contributed by atoms with Gasteiger partial charge in [0.05, 0.1) is 50.4 Å². The number of hydrogen-bond donors (Lipinski definition) is 1. The van der Waals surface area contributed by atoms with E-state index in [4.69, 9.17) is 4.74 Å². The number of aromatic nitrogens is 2. The molecule has 1 N–H and O–H groups in total. The molecular weight excluding hydrogens is 637 g/mol. The van der Waals surface area contributed by atoms with Crippen molar-refractivity contribution < 1.29 is 19.1 Å². The van der Waals surface area contributed by atoms with Crippen LogP contribution in [0.25, 0.3) is 10.8 Å². The van der Waals surface area contributed by atoms with E-state index in [9.17, 15) is 19.6 Å². The second kappa shape index (κ2) is 18.2. The molecule has 49 heavy (non-hydrogen) atoms. The molecule has 4 aromatic rings. The summed E-state index contributed by atoms with van der Waals surface area (Å²) in [4.78, 5) is 48.1. The van der Waals surface area contributed by atoms with Crippen molar-refractivity contribution in [1.29, 1.82) is 5.26 Å². The van der Waals surface area contributed by atoms with Crippen LogP contribution in [0.15, 0.2) is 79.3 Å². The van der Waals surface area contributed by atoms with E-state index in [1.165, 1.54) is 7.11 Å². The highest BCUT2D eigenvalue weighted by molar-refractivity contribution is 7.98. The zero-order valence-electron chi connectivity index (χ0n) is 29.0. The SMILES string of the molecule is CCC(C)C(CN(CC(=O)NC(CCSC)C(=O)OC)Cc1cccc2ccccc12)N(C(C)=O)c1cncn1Cc1ccc(C#N)cc1. The van der Waals surface area contributed by atoms with E-state index in [0.29, 0.717) is 43.2 Å². The number of benzene rings is 3. The largest absolute Gasteiger partial charge is 0.467 e. The molecule has 3 atom stereocenters. The van der Waals surface area contributed by atoms with E-state index in [2.05, 4.69) is 59.4 Å². The number of imidazole rings is 1. The Labute approximate surface area is 293 Å². The number of carbonyl (C=O) groups is 3. The molecule has 1 heterocycles. The molecule has 0 spiro atoms. The summed E-state index contributed by atoms with van der Waals surface area (Å²) in [6.45, 7) is 7.09. The second-order valence-corrected chi connectivity index (χ2v) is 13.2. The second-order valence-electron chi connectivity index (χ2n) is 12.3. The van der Waals surface area contributed by atoms with E-state index in [0.717, 1.165) is 28.3 Å². The Bertz CT molecular complexity index is 1750. The molecule has 3 aromatic carbocycles. The van der Waals surface area contributed by atoms with Crippen LogP contribution in [0.4, 0.5) is 5.82 Å². The topological polar surface area (TPSA) is 121 Å². The molecule has 0 radical (unpaired) electrons. The quantitative estimate of drug-likeness (QED) is 0.142. The molecule has 1 aromatic heterocycles. The van der Waals surface area contributed by atoms with Crippen molar-refractivity contribution in [3.05, 3.63) is 95.9 Å². The highest BCUT2D eigenvalue weighted by Gasteiger charge is 2.32. The van der Waals surface area contributed by atoms with Crippen LogP contribution in [-0.2, 0) is 32.2 Å². The van der Waals surface area contributed by atoms with Crippen LogP contribution in [0.3, 0.4) is 0 Å². The van der Waals surface area contributed by atoms with Crippen LogP contribution < -0.4 is 10.2 Å². The number of ether oxygens (including phenoxy) is 1. The molecule has 11 heteroatoms. The van der Waals surface area contributed by atoms with Gasteiger partial charge >= 0.3 is 5.97 Å². The molecular formula is C38H46N6O4S. The third-order valence-corrected chi connectivity index (χ3v) is 9.51. The van der Waals surface area contributed by atoms with Crippen LogP contribution >= 0.6 is 11.8 Å². The number of nitrogens with one attached hydrogen (secondary N) is 1. The maximum absolute atomic E-state index is 13.7. The van der Waals surface area contributed by atoms with Crippen LogP contribution in [0, 0.1) is 17.2 Å². The van der Waals surface area contributed by atoms with Gasteiger partial charge in [0, 0.05) is 20.0 Å². The van der Waals surface area contributed by atoms with Gasteiger partial charge in [0.25, 0.3) is 0 Å². The van der Waals surface area contributed by atoms with Crippen molar-refractivity contribution in [3.63, 3.8) is 0 Å². The Morgan fingerprint density at radius 2 is 1.82 bits per heavy atom. The van der Waals surface area contributed by atoms with E-state index in [1.54, 1.807) is 48.2 Å². The van der Waals surface area contributed by atoms with Crippen LogP contribution in [0.1, 0.15) is 50.3 Å². The Morgan fingerprint density at radius 3 is 2.49 bits per heavy atom. The number of nitriles is 1. The number of anilines is 1. The van der Waals surface area contributed by atoms with Crippen LogP contribution in [0.2, 0.25) is 0 Å². The van der Waals surface area contributed by atoms with Gasteiger partial charge in [-0.1, -0.05) is 74.9 Å². The minimum Gasteiger partial charge on any atom is -0.467 e. The highest BCUT2D eigenvalue weighted by atomic mass is 32.2. The van der Waals surface area contributed by atoms with Gasteiger partial charge in [0.2, 0.25) is 11.8 Å². The first-order valence-electron chi connectivity index (χ1n) is 16.5. The van der Waals surface area contributed by atoms with Gasteiger partial charge < -0.3 is 14.6 Å². The molecule has 0 aliphatic carbocycles. The predicted octanol–water partition coefficient (Wildman–Crippen LogP) is 5.64. The molecule has 10 nitrogen and oxygen atoms in total. The summed E-state index contributed by atoms with van der Waals surface area (Å²) in [6, 6.07) is 22.7. The molecule has 0 aliphatic rings. The van der Waals surface area contributed by atoms with Crippen molar-refractivity contribution in [2.45, 2.75) is 58.8 Å². The lowest BCUT2D eigenvalue weighted by atomic mass is 9.96. The smallest absolute Gasteiger partial charge is 0.328 e. The number of fused-ring (bicyclic) bond motifs is 1. The van der Waals surface area contributed by atoms with Crippen LogP contribution in [-0.4, -0.2) is 76.5 Å². The van der Waals surface area contributed by atoms with E-state index in [1.807, 2.05) is 41.2 Å². The van der Waals surface area contributed by atoms with Crippen molar-refractivity contribution in [3.8, 4) is 6.07 Å². The predicted molar refractivity (Wildman–Crippen MR) is 195 cm³/mol. The van der Waals surface area contributed by atoms with Crippen molar-refractivity contribution in [2.75, 3.05) is 37.1 Å². The monoisotopic (exact) mass is 682 g/mol. The molecule has 0 fully saturated rings. The van der Waals surface area contributed by atoms with E-state index < -0.39 is 12.0 Å². The van der Waals surface area contributed by atoms with Gasteiger partial charge in [-0.25, -0.2) is 9.78 Å². The van der Waals surface area contributed by atoms with Gasteiger partial charge in [0.15, 0.2) is 0 Å². The number of nitrogens with zero attached hydrogens (tertiary/aromatic N) is 5. The standard InChI is InChI=1S/C38H46N6O4S/c1-6-27(2)35(44(28(3)45)37-21-40-26-43(37)22-30-16-14-29(20-39)15-17-30)24-42(23-32-12-9-11-31-10-7-8-13-33(31)32)25-36(46)41-34(18-19-49-5)38(47)48-4/h7-17,21,26-27,34-35H,6,18-19,22-25H2,1-5H3,(H,41,46). The van der Waals surface area contributed by atoms with E-state index in [-0.39, 0.29) is 30.3 Å². The lowest BCUT2D eigenvalue weighted by molar-refractivity contribution is -0.145. The normalized spacial score (nSPS) is 13.0. The first-order chi connectivity index (χ1) is 23.7. The summed E-state index contributed by atoms with van der Waals surface area (Å²) in [5.74, 6) is 0.506. The maximum atomic E-state index is 13.7. The average Bonchev–Trinajstić information content (AvgIpc) is 3.56. The third-order valence-electron chi connectivity index (χ3n) is 8.86. The first-order valence-corrected chi connectivity index (χ1v) is 17.9. The fourth-order valence-corrected chi connectivity index (χ4v) is 6.53. The summed E-state index contributed by atoms with van der Waals surface area (Å²) >= 11 is 1.60. The molecule has 4 rings (SSSR count). The number of thioether (sulfide) groups is 1. The summed E-state index contributed by atoms with van der Waals surface area (Å²) in [5, 5.41) is 14.3. The molecule has 0 bridgehead atoms. The fourth-order valence-electron chi connectivity index (χ4n) is 6.06. The Morgan fingerprint density at radius 1 is 1.08 bits per heavy atom. The Hall–Kier alpha value is -4.66. The van der Waals surface area contributed by atoms with Gasteiger partial charge in [-0.3, -0.25) is 19.4 Å². The number of carbonyl (C=O) groups excluding carboxylic acids is 3. The Balaban J connectivity index is 1.69. The minimum absolute atomic E-state index is 0.0131. The lowest BCUT2D eigenvalue weighted by Crippen LogP contribution is -2.53. The van der Waals surface area contributed by atoms with Gasteiger partial charge in [-0.05, 0) is 58.4 Å². The highest BCUT2D eigenvalue weighted by Crippen LogP contribution is 2.27. The summed E-state index contributed by atoms with van der Waals surface area (Å²) in [5.41, 5.74) is 2.60. The van der Waals surface area contributed by atoms with Crippen molar-refractivity contribution in [2.24, 2.45) is 5.92 Å². The summed E-state index contributed by atoms with van der Waals surface area (Å²) < 4.78 is 6.93. The molecule has 258 valence electrons. The third kappa shape index (κ3) is 9.94. The molecule has 0 saturated carbocycles. The molecule has 0 saturated heterocycles. The number of rotatable bonds is 17. The van der Waals surface area contributed by atoms with Crippen LogP contribution in [0.5, 0.6) is 0 Å². The van der Waals surface area contributed by atoms with Crippen molar-refractivity contribution in [1.82, 2.24) is 19.8 Å². The summed E-state index contributed by atoms with van der Waals surface area (Å²) in [7, 11) is 1.33. The summed E-state index contributed by atoms with van der Waals surface area (Å²) in [6.07, 6.45) is 6.62. The lowest BCUT2D eigenvalue weighted by Gasteiger charge is -2.38. The van der Waals surface area contributed by atoms with Gasteiger partial charge in [-0.2, -0.15) is 17.0 Å². The minimum atomic E-state index is -0.750. The average molecular weight is 683 g/mol. The maximum Gasteiger partial charge on any atom is 0.328 e. The number of methoxy groups -OCH3 is 1. The zero-order chi connectivity index (χ0) is 35.3. The first kappa shape index (κ1) is 37.2. The number of hydrogen-bond acceptors (Lipinski definition) is 8. The molecule has 2 amide bonds. The number of amides is 2. The van der Waals surface area contributed by atoms with Gasteiger partial charge in [0.1, 0.15) is 11.9 Å². The number of esters is 1. The molecule has 0 aliphatic heterocycles. The van der Waals surface area contributed by atoms with Crippen molar-refractivity contribution >= 4 is 46.1 Å². The Kier molecular flexibility index (Phi) is 13.8.